The van der Waals surface area contributed by atoms with E-state index in [-0.39, 0.29) is 11.9 Å². The summed E-state index contributed by atoms with van der Waals surface area (Å²) < 4.78 is 5.53. The molecule has 0 N–H and O–H groups in total. The van der Waals surface area contributed by atoms with Crippen LogP contribution in [0.4, 0.5) is 5.69 Å². The van der Waals surface area contributed by atoms with Crippen molar-refractivity contribution < 1.29 is 9.53 Å². The van der Waals surface area contributed by atoms with Gasteiger partial charge in [-0.15, -0.1) is 0 Å². The van der Waals surface area contributed by atoms with Gasteiger partial charge in [-0.1, -0.05) is 22.9 Å². The van der Waals surface area contributed by atoms with E-state index >= 15 is 0 Å². The van der Waals surface area contributed by atoms with E-state index in [1.807, 2.05) is 24.9 Å². The second-order valence-electron chi connectivity index (χ2n) is 4.11. The maximum atomic E-state index is 11.4. The molecule has 5 heteroatoms. The number of anilines is 1. The van der Waals surface area contributed by atoms with Crippen molar-refractivity contribution in [1.29, 1.82) is 5.26 Å². The monoisotopic (exact) mass is 310 g/mol. The van der Waals surface area contributed by atoms with Crippen molar-refractivity contribution in [1.82, 2.24) is 0 Å². The van der Waals surface area contributed by atoms with Gasteiger partial charge >= 0.3 is 5.97 Å². The molecule has 4 nitrogen and oxygen atoms in total. The summed E-state index contributed by atoms with van der Waals surface area (Å²) in [5, 5.41) is 8.91. The summed E-state index contributed by atoms with van der Waals surface area (Å²) in [4.78, 5) is 13.3. The maximum Gasteiger partial charge on any atom is 0.310 e. The smallest absolute Gasteiger partial charge is 0.310 e. The summed E-state index contributed by atoms with van der Waals surface area (Å²) in [7, 11) is 3.26. The van der Waals surface area contributed by atoms with E-state index in [4.69, 9.17) is 10.00 Å². The quantitative estimate of drug-likeness (QED) is 0.802. The number of nitriles is 1. The van der Waals surface area contributed by atoms with E-state index in [0.29, 0.717) is 12.1 Å². The number of benzene rings is 1. The first-order chi connectivity index (χ1) is 8.47. The first-order valence-corrected chi connectivity index (χ1v) is 6.27. The van der Waals surface area contributed by atoms with Crippen molar-refractivity contribution in [3.05, 3.63) is 28.2 Å². The van der Waals surface area contributed by atoms with Crippen LogP contribution in [-0.2, 0) is 9.53 Å². The van der Waals surface area contributed by atoms with Crippen molar-refractivity contribution in [3.8, 4) is 6.07 Å². The van der Waals surface area contributed by atoms with Crippen molar-refractivity contribution in [3.63, 3.8) is 0 Å². The molecule has 0 heterocycles. The molecule has 0 aliphatic carbocycles. The molecule has 1 atom stereocenters. The zero-order chi connectivity index (χ0) is 13.7. The Morgan fingerprint density at radius 3 is 2.78 bits per heavy atom. The molecule has 96 valence electrons. The molecular weight excluding hydrogens is 296 g/mol. The molecule has 0 fully saturated rings. The van der Waals surface area contributed by atoms with E-state index in [2.05, 4.69) is 22.0 Å². The van der Waals surface area contributed by atoms with Crippen molar-refractivity contribution in [2.24, 2.45) is 5.92 Å². The van der Waals surface area contributed by atoms with Crippen molar-refractivity contribution >= 4 is 27.6 Å². The Balaban J connectivity index is 2.84. The summed E-state index contributed by atoms with van der Waals surface area (Å²) in [5.41, 5.74) is 1.47. The lowest BCUT2D eigenvalue weighted by molar-refractivity contribution is -0.144. The molecule has 0 amide bonds. The van der Waals surface area contributed by atoms with Crippen LogP contribution < -0.4 is 4.90 Å². The number of ether oxygens (including phenoxy) is 1. The molecule has 0 aromatic heterocycles. The summed E-state index contributed by atoms with van der Waals surface area (Å²) in [6, 6.07) is 7.55. The number of methoxy groups -OCH3 is 1. The SMILES string of the molecule is COC(=O)C(C)CN(C)c1cc(Br)cc(C#N)c1. The Labute approximate surface area is 115 Å². The highest BCUT2D eigenvalue weighted by Crippen LogP contribution is 2.22. The lowest BCUT2D eigenvalue weighted by Crippen LogP contribution is -2.29. The maximum absolute atomic E-state index is 11.4. The van der Waals surface area contributed by atoms with E-state index in [1.54, 1.807) is 12.1 Å². The fourth-order valence-corrected chi connectivity index (χ4v) is 2.13. The van der Waals surface area contributed by atoms with Gasteiger partial charge in [0.1, 0.15) is 0 Å². The van der Waals surface area contributed by atoms with Gasteiger partial charge in [0.25, 0.3) is 0 Å². The van der Waals surface area contributed by atoms with Gasteiger partial charge in [-0.05, 0) is 18.2 Å². The Hall–Kier alpha value is -1.54. The number of hydrogen-bond donors (Lipinski definition) is 0. The molecule has 0 bridgehead atoms. The highest BCUT2D eigenvalue weighted by atomic mass is 79.9. The third-order valence-electron chi connectivity index (χ3n) is 2.60. The molecule has 0 radical (unpaired) electrons. The minimum Gasteiger partial charge on any atom is -0.469 e. The number of nitrogens with zero attached hydrogens (tertiary/aromatic N) is 2. The standard InChI is InChI=1S/C13H15BrN2O2/c1-9(13(17)18-3)8-16(2)12-5-10(7-15)4-11(14)6-12/h4-6,9H,8H2,1-3H3. The number of halogens is 1. The summed E-state index contributed by atoms with van der Waals surface area (Å²) in [5.74, 6) is -0.457. The molecule has 1 aromatic carbocycles. The first-order valence-electron chi connectivity index (χ1n) is 5.47. The van der Waals surface area contributed by atoms with Gasteiger partial charge < -0.3 is 9.64 Å². The second kappa shape index (κ2) is 6.41. The predicted octanol–water partition coefficient (Wildman–Crippen LogP) is 2.57. The highest BCUT2D eigenvalue weighted by Gasteiger charge is 2.16. The zero-order valence-corrected chi connectivity index (χ0v) is 12.2. The van der Waals surface area contributed by atoms with Gasteiger partial charge in [0.05, 0.1) is 24.7 Å². The third-order valence-corrected chi connectivity index (χ3v) is 3.06. The van der Waals surface area contributed by atoms with Crippen LogP contribution in [0.25, 0.3) is 0 Å². The zero-order valence-electron chi connectivity index (χ0n) is 10.6. The van der Waals surface area contributed by atoms with Crippen LogP contribution in [-0.4, -0.2) is 26.7 Å². The fourth-order valence-electron chi connectivity index (χ4n) is 1.65. The van der Waals surface area contributed by atoms with Crippen molar-refractivity contribution in [2.45, 2.75) is 6.92 Å². The van der Waals surface area contributed by atoms with Gasteiger partial charge in [-0.3, -0.25) is 4.79 Å². The third kappa shape index (κ3) is 3.74. The molecule has 0 aliphatic heterocycles. The average Bonchev–Trinajstić information content (AvgIpc) is 2.36. The van der Waals surface area contributed by atoms with Gasteiger partial charge in [0.2, 0.25) is 0 Å². The Morgan fingerprint density at radius 1 is 1.56 bits per heavy atom. The lowest BCUT2D eigenvalue weighted by Gasteiger charge is -2.22. The van der Waals surface area contributed by atoms with Crippen LogP contribution in [0.3, 0.4) is 0 Å². The van der Waals surface area contributed by atoms with Gasteiger partial charge in [-0.2, -0.15) is 5.26 Å². The van der Waals surface area contributed by atoms with Crippen LogP contribution in [0.1, 0.15) is 12.5 Å². The van der Waals surface area contributed by atoms with Crippen LogP contribution in [0.2, 0.25) is 0 Å². The number of rotatable bonds is 4. The minimum absolute atomic E-state index is 0.218. The van der Waals surface area contributed by atoms with Gasteiger partial charge in [-0.25, -0.2) is 0 Å². The van der Waals surface area contributed by atoms with E-state index < -0.39 is 0 Å². The molecule has 1 rings (SSSR count). The molecule has 18 heavy (non-hydrogen) atoms. The predicted molar refractivity (Wildman–Crippen MR) is 73.3 cm³/mol. The van der Waals surface area contributed by atoms with Gasteiger partial charge in [0, 0.05) is 23.8 Å². The number of esters is 1. The number of carbonyl (C=O) groups excluding carboxylic acids is 1. The molecule has 1 aromatic rings. The topological polar surface area (TPSA) is 53.3 Å². The second-order valence-corrected chi connectivity index (χ2v) is 5.03. The average molecular weight is 311 g/mol. The minimum atomic E-state index is -0.239. The van der Waals surface area contributed by atoms with Crippen LogP contribution in [0.5, 0.6) is 0 Å². The molecule has 0 spiro atoms. The van der Waals surface area contributed by atoms with Crippen molar-refractivity contribution in [2.75, 3.05) is 25.6 Å². The molecule has 1 unspecified atom stereocenters. The normalized spacial score (nSPS) is 11.5. The highest BCUT2D eigenvalue weighted by molar-refractivity contribution is 9.10. The van der Waals surface area contributed by atoms with Crippen LogP contribution in [0.15, 0.2) is 22.7 Å². The van der Waals surface area contributed by atoms with Crippen LogP contribution >= 0.6 is 15.9 Å². The Kier molecular flexibility index (Phi) is 5.17. The summed E-state index contributed by atoms with van der Waals surface area (Å²) in [6.45, 7) is 2.35. The Bertz CT molecular complexity index is 482. The fraction of sp³-hybridized carbons (Fsp3) is 0.385. The first kappa shape index (κ1) is 14.5. The molecular formula is C13H15BrN2O2. The van der Waals surface area contributed by atoms with E-state index in [1.165, 1.54) is 7.11 Å². The molecule has 0 saturated heterocycles. The number of hydrogen-bond acceptors (Lipinski definition) is 4. The van der Waals surface area contributed by atoms with E-state index in [9.17, 15) is 4.79 Å². The summed E-state index contributed by atoms with van der Waals surface area (Å²) in [6.07, 6.45) is 0. The van der Waals surface area contributed by atoms with E-state index in [0.717, 1.165) is 10.2 Å². The number of carbonyl (C=O) groups is 1. The Morgan fingerprint density at radius 2 is 2.22 bits per heavy atom. The van der Waals surface area contributed by atoms with Gasteiger partial charge in [0.15, 0.2) is 0 Å². The van der Waals surface area contributed by atoms with Crippen LogP contribution in [0, 0.1) is 17.2 Å². The molecule has 0 aliphatic rings. The molecule has 0 saturated carbocycles. The summed E-state index contributed by atoms with van der Waals surface area (Å²) >= 11 is 3.36. The largest absolute Gasteiger partial charge is 0.469 e. The lowest BCUT2D eigenvalue weighted by atomic mass is 10.1.